The largest absolute Gasteiger partial charge is 0.417 e. The Hall–Kier alpha value is 0.427. The van der Waals surface area contributed by atoms with E-state index in [-0.39, 0.29) is 6.23 Å². The Morgan fingerprint density at radius 2 is 2.25 bits per heavy atom. The third-order valence-electron chi connectivity index (χ3n) is 1.11. The molecule has 0 bridgehead atoms. The molecule has 50 valence electrons. The van der Waals surface area contributed by atoms with Crippen molar-refractivity contribution in [3.8, 4) is 0 Å². The van der Waals surface area contributed by atoms with Gasteiger partial charge >= 0.3 is 0 Å². The van der Waals surface area contributed by atoms with Crippen molar-refractivity contribution in [2.24, 2.45) is 0 Å². The third-order valence-corrected chi connectivity index (χ3v) is 5.03. The van der Waals surface area contributed by atoms with Crippen molar-refractivity contribution in [3.05, 3.63) is 0 Å². The Morgan fingerprint density at radius 3 is 2.25 bits per heavy atom. The molecule has 0 aromatic rings. The number of halogens is 1. The van der Waals surface area contributed by atoms with Gasteiger partial charge in [0, 0.05) is 12.6 Å². The van der Waals surface area contributed by atoms with Crippen molar-refractivity contribution >= 4 is 19.9 Å². The molecule has 0 radical (unpaired) electrons. The lowest BCUT2D eigenvalue weighted by Crippen LogP contribution is -2.40. The van der Waals surface area contributed by atoms with E-state index in [4.69, 9.17) is 21.1 Å². The molecule has 0 amide bonds. The first-order valence-electron chi connectivity index (χ1n) is 2.40. The molecule has 0 spiro atoms. The molecular formula is C4H11ClO2Si. The Balaban J connectivity index is 3.58. The smallest absolute Gasteiger partial charge is 0.228 e. The summed E-state index contributed by atoms with van der Waals surface area (Å²) < 4.78 is 4.99. The highest BCUT2D eigenvalue weighted by molar-refractivity contribution is 6.78. The van der Waals surface area contributed by atoms with Crippen molar-refractivity contribution in [1.29, 1.82) is 0 Å². The maximum atomic E-state index is 8.64. The van der Waals surface area contributed by atoms with Gasteiger partial charge in [-0.1, -0.05) is 0 Å². The average Bonchev–Trinajstić information content (AvgIpc) is 1.87. The summed E-state index contributed by atoms with van der Waals surface area (Å²) in [5.41, 5.74) is 0.458. The minimum absolute atomic E-state index is 0.104. The van der Waals surface area contributed by atoms with Crippen LogP contribution < -0.4 is 0 Å². The number of aliphatic hydroxyl groups is 1. The fraction of sp³-hybridized carbons (Fsp3) is 1.00. The van der Waals surface area contributed by atoms with Crippen LogP contribution in [0.2, 0.25) is 6.55 Å². The second-order valence-corrected chi connectivity index (χ2v) is 6.64. The van der Waals surface area contributed by atoms with Crippen LogP contribution in [0.15, 0.2) is 0 Å². The van der Waals surface area contributed by atoms with E-state index in [2.05, 4.69) is 0 Å². The minimum Gasteiger partial charge on any atom is -0.417 e. The summed E-state index contributed by atoms with van der Waals surface area (Å²) in [6.07, 6.45) is 0.104. The van der Waals surface area contributed by atoms with Crippen LogP contribution in [0.1, 0.15) is 0 Å². The van der Waals surface area contributed by atoms with Gasteiger partial charge in [0.05, 0.1) is 6.23 Å². The van der Waals surface area contributed by atoms with E-state index in [9.17, 15) is 0 Å². The zero-order valence-electron chi connectivity index (χ0n) is 5.15. The van der Waals surface area contributed by atoms with Gasteiger partial charge in [0.15, 0.2) is 0 Å². The Bertz CT molecular complexity index is 56.8. The summed E-state index contributed by atoms with van der Waals surface area (Å²) >= 11 is 5.49. The van der Waals surface area contributed by atoms with E-state index >= 15 is 0 Å². The second-order valence-electron chi connectivity index (χ2n) is 1.95. The SMILES string of the molecule is CO[Si](C)(CO)CCl. The molecule has 0 aromatic heterocycles. The molecule has 0 aromatic carbocycles. The lowest BCUT2D eigenvalue weighted by Gasteiger charge is -2.18. The van der Waals surface area contributed by atoms with Crippen molar-refractivity contribution in [2.75, 3.05) is 18.8 Å². The summed E-state index contributed by atoms with van der Waals surface area (Å²) in [7, 11) is -0.262. The first kappa shape index (κ1) is 8.43. The lowest BCUT2D eigenvalue weighted by molar-refractivity contribution is 0.304. The molecule has 1 atom stereocenters. The van der Waals surface area contributed by atoms with Crippen LogP contribution >= 0.6 is 11.6 Å². The van der Waals surface area contributed by atoms with Gasteiger partial charge in [0.1, 0.15) is 0 Å². The third kappa shape index (κ3) is 2.13. The van der Waals surface area contributed by atoms with Crippen LogP contribution in [0.25, 0.3) is 0 Å². The van der Waals surface area contributed by atoms with Crippen molar-refractivity contribution in [1.82, 2.24) is 0 Å². The molecule has 1 N–H and O–H groups in total. The second kappa shape index (κ2) is 3.45. The summed E-state index contributed by atoms with van der Waals surface area (Å²) in [4.78, 5) is 0. The quantitative estimate of drug-likeness (QED) is 0.475. The molecule has 2 nitrogen and oxygen atoms in total. The van der Waals surface area contributed by atoms with Gasteiger partial charge < -0.3 is 9.53 Å². The fourth-order valence-electron chi connectivity index (χ4n) is 0.161. The van der Waals surface area contributed by atoms with E-state index < -0.39 is 8.32 Å². The van der Waals surface area contributed by atoms with Gasteiger partial charge in [-0.15, -0.1) is 11.6 Å². The van der Waals surface area contributed by atoms with E-state index in [1.807, 2.05) is 6.55 Å². The first-order valence-corrected chi connectivity index (χ1v) is 5.76. The van der Waals surface area contributed by atoms with Crippen molar-refractivity contribution in [2.45, 2.75) is 6.55 Å². The normalized spacial score (nSPS) is 18.0. The Morgan fingerprint density at radius 1 is 1.75 bits per heavy atom. The molecule has 0 saturated heterocycles. The van der Waals surface area contributed by atoms with Crippen LogP contribution in [0.4, 0.5) is 0 Å². The van der Waals surface area contributed by atoms with Gasteiger partial charge in [-0.05, 0) is 6.55 Å². The van der Waals surface area contributed by atoms with Crippen LogP contribution in [0, 0.1) is 0 Å². The minimum atomic E-state index is -1.85. The molecule has 1 unspecified atom stereocenters. The standard InChI is InChI=1S/C4H11ClO2Si/c1-7-8(2,3-5)4-6/h6H,3-4H2,1-2H3. The topological polar surface area (TPSA) is 29.5 Å². The van der Waals surface area contributed by atoms with Crippen LogP contribution in [0.5, 0.6) is 0 Å². The van der Waals surface area contributed by atoms with Gasteiger partial charge in [-0.3, -0.25) is 0 Å². The zero-order valence-corrected chi connectivity index (χ0v) is 6.90. The van der Waals surface area contributed by atoms with Crippen LogP contribution in [-0.2, 0) is 4.43 Å². The number of alkyl halides is 1. The molecule has 0 aliphatic heterocycles. The number of aliphatic hydroxyl groups excluding tert-OH is 1. The molecule has 0 rings (SSSR count). The van der Waals surface area contributed by atoms with E-state index in [0.29, 0.717) is 5.50 Å². The lowest BCUT2D eigenvalue weighted by atomic mass is 11.7. The molecule has 0 aliphatic rings. The van der Waals surface area contributed by atoms with Crippen LogP contribution in [-0.4, -0.2) is 32.3 Å². The maximum absolute atomic E-state index is 8.64. The molecule has 8 heavy (non-hydrogen) atoms. The van der Waals surface area contributed by atoms with E-state index in [1.54, 1.807) is 7.11 Å². The maximum Gasteiger partial charge on any atom is 0.228 e. The van der Waals surface area contributed by atoms with Gasteiger partial charge in [0.2, 0.25) is 8.32 Å². The highest BCUT2D eigenvalue weighted by Gasteiger charge is 2.24. The number of rotatable bonds is 3. The predicted molar refractivity (Wildman–Crippen MR) is 36.4 cm³/mol. The molecule has 0 heterocycles. The van der Waals surface area contributed by atoms with Gasteiger partial charge in [0.25, 0.3) is 0 Å². The van der Waals surface area contributed by atoms with Crippen molar-refractivity contribution < 1.29 is 9.53 Å². The highest BCUT2D eigenvalue weighted by atomic mass is 35.5. The molecule has 0 saturated carbocycles. The summed E-state index contributed by atoms with van der Waals surface area (Å²) in [6, 6.07) is 0. The Labute approximate surface area is 55.5 Å². The molecule has 0 aliphatic carbocycles. The Kier molecular flexibility index (Phi) is 3.64. The summed E-state index contributed by atoms with van der Waals surface area (Å²) in [6.45, 7) is 1.89. The molecular weight excluding hydrogens is 144 g/mol. The first-order chi connectivity index (χ1) is 3.68. The fourth-order valence-corrected chi connectivity index (χ4v) is 1.06. The zero-order chi connectivity index (χ0) is 6.62. The van der Waals surface area contributed by atoms with Crippen molar-refractivity contribution in [3.63, 3.8) is 0 Å². The highest BCUT2D eigenvalue weighted by Crippen LogP contribution is 2.02. The van der Waals surface area contributed by atoms with Crippen LogP contribution in [0.3, 0.4) is 0 Å². The molecule has 0 fully saturated rings. The van der Waals surface area contributed by atoms with E-state index in [0.717, 1.165) is 0 Å². The van der Waals surface area contributed by atoms with E-state index in [1.165, 1.54) is 0 Å². The average molecular weight is 155 g/mol. The number of hydrogen-bond donors (Lipinski definition) is 1. The van der Waals surface area contributed by atoms with Gasteiger partial charge in [-0.25, -0.2) is 0 Å². The summed E-state index contributed by atoms with van der Waals surface area (Å²) in [5.74, 6) is 0. The van der Waals surface area contributed by atoms with Gasteiger partial charge in [-0.2, -0.15) is 0 Å². The number of hydrogen-bond acceptors (Lipinski definition) is 2. The monoisotopic (exact) mass is 154 g/mol. The predicted octanol–water partition coefficient (Wildman–Crippen LogP) is 0.518. The summed E-state index contributed by atoms with van der Waals surface area (Å²) in [5, 5.41) is 8.64. The molecule has 4 heteroatoms.